The highest BCUT2D eigenvalue weighted by atomic mass is 19.4. The molecule has 9 heteroatoms. The Morgan fingerprint density at radius 3 is 2.43 bits per heavy atom. The summed E-state index contributed by atoms with van der Waals surface area (Å²) in [5.41, 5.74) is -0.956. The van der Waals surface area contributed by atoms with Crippen molar-refractivity contribution in [3.8, 4) is 0 Å². The first-order valence-electron chi connectivity index (χ1n) is 10.2. The molecule has 0 aromatic heterocycles. The maximum Gasteiger partial charge on any atom is 0.393 e. The molecule has 1 saturated heterocycles. The Hall–Kier alpha value is -1.80. The lowest BCUT2D eigenvalue weighted by Crippen LogP contribution is -2.52. The van der Waals surface area contributed by atoms with Gasteiger partial charge in [-0.1, -0.05) is 26.2 Å². The second-order valence-corrected chi connectivity index (χ2v) is 8.36. The molecular formula is C19H28F3N3O3. The van der Waals surface area contributed by atoms with Gasteiger partial charge in [-0.2, -0.15) is 13.2 Å². The molecule has 2 saturated carbocycles. The van der Waals surface area contributed by atoms with Gasteiger partial charge in [-0.25, -0.2) is 4.79 Å². The lowest BCUT2D eigenvalue weighted by molar-refractivity contribution is -0.189. The topological polar surface area (TPSA) is 78.5 Å². The first kappa shape index (κ1) is 20.9. The molecule has 0 radical (unpaired) electrons. The van der Waals surface area contributed by atoms with Gasteiger partial charge in [0.05, 0.1) is 5.92 Å². The third-order valence-electron chi connectivity index (χ3n) is 6.62. The van der Waals surface area contributed by atoms with Crippen LogP contribution in [0.5, 0.6) is 0 Å². The number of nitrogens with one attached hydrogen (secondary N) is 2. The predicted octanol–water partition coefficient (Wildman–Crippen LogP) is 3.11. The number of rotatable bonds is 4. The van der Waals surface area contributed by atoms with Crippen molar-refractivity contribution in [3.05, 3.63) is 0 Å². The van der Waals surface area contributed by atoms with Gasteiger partial charge in [0, 0.05) is 6.04 Å². The molecule has 158 valence electrons. The molecule has 2 aliphatic carbocycles. The van der Waals surface area contributed by atoms with Crippen molar-refractivity contribution in [3.63, 3.8) is 0 Å². The number of hydrogen-bond acceptors (Lipinski definition) is 3. The molecule has 1 heterocycles. The molecule has 2 unspecified atom stereocenters. The molecule has 1 aliphatic heterocycles. The van der Waals surface area contributed by atoms with Crippen LogP contribution in [-0.4, -0.2) is 47.0 Å². The van der Waals surface area contributed by atoms with Crippen LogP contribution in [0.2, 0.25) is 0 Å². The van der Waals surface area contributed by atoms with Crippen LogP contribution in [0.15, 0.2) is 0 Å². The third kappa shape index (κ3) is 4.12. The summed E-state index contributed by atoms with van der Waals surface area (Å²) in [5.74, 6) is -2.20. The van der Waals surface area contributed by atoms with E-state index in [4.69, 9.17) is 0 Å². The fourth-order valence-electron chi connectivity index (χ4n) is 4.83. The quantitative estimate of drug-likeness (QED) is 0.708. The molecule has 0 aromatic carbocycles. The van der Waals surface area contributed by atoms with E-state index in [9.17, 15) is 27.6 Å². The Morgan fingerprint density at radius 1 is 1.18 bits per heavy atom. The SMILES string of the molecule is CCC1CCC2(CC1)NC(=O)N(CC(=O)NC1CCCCC1C(F)(F)F)C2=O. The summed E-state index contributed by atoms with van der Waals surface area (Å²) in [6.07, 6.45) is 0.702. The van der Waals surface area contributed by atoms with E-state index < -0.39 is 48.1 Å². The number of amides is 4. The Labute approximate surface area is 162 Å². The maximum absolute atomic E-state index is 13.2. The van der Waals surface area contributed by atoms with E-state index in [1.807, 2.05) is 0 Å². The summed E-state index contributed by atoms with van der Waals surface area (Å²) in [4.78, 5) is 38.3. The van der Waals surface area contributed by atoms with Gasteiger partial charge in [0.2, 0.25) is 5.91 Å². The van der Waals surface area contributed by atoms with Gasteiger partial charge in [0.15, 0.2) is 0 Å². The van der Waals surface area contributed by atoms with Gasteiger partial charge < -0.3 is 10.6 Å². The third-order valence-corrected chi connectivity index (χ3v) is 6.62. The minimum atomic E-state index is -4.37. The van der Waals surface area contributed by atoms with E-state index in [0.717, 1.165) is 24.2 Å². The molecular weight excluding hydrogens is 375 g/mol. The zero-order valence-corrected chi connectivity index (χ0v) is 16.1. The number of alkyl halides is 3. The average molecular weight is 403 g/mol. The number of urea groups is 1. The Balaban J connectivity index is 1.61. The molecule has 2 atom stereocenters. The molecule has 2 N–H and O–H groups in total. The van der Waals surface area contributed by atoms with Crippen molar-refractivity contribution in [1.82, 2.24) is 15.5 Å². The second-order valence-electron chi connectivity index (χ2n) is 8.36. The fraction of sp³-hybridized carbons (Fsp3) is 0.842. The molecule has 0 aromatic rings. The van der Waals surface area contributed by atoms with Gasteiger partial charge in [0.1, 0.15) is 12.1 Å². The van der Waals surface area contributed by atoms with Gasteiger partial charge >= 0.3 is 12.2 Å². The number of carbonyl (C=O) groups excluding carboxylic acids is 3. The standard InChI is InChI=1S/C19H28F3N3O3/c1-2-12-7-9-18(10-8-12)16(27)25(17(28)24-18)11-15(26)23-14-6-4-3-5-13(14)19(20,21)22/h12-14H,2-11H2,1H3,(H,23,26)(H,24,28). The van der Waals surface area contributed by atoms with E-state index in [-0.39, 0.29) is 12.8 Å². The average Bonchev–Trinajstić information content (AvgIpc) is 2.86. The number of nitrogens with zero attached hydrogens (tertiary/aromatic N) is 1. The number of halogens is 3. The lowest BCUT2D eigenvalue weighted by atomic mass is 9.75. The van der Waals surface area contributed by atoms with E-state index in [1.54, 1.807) is 0 Å². The van der Waals surface area contributed by atoms with Crippen molar-refractivity contribution in [2.45, 2.75) is 82.5 Å². The Bertz CT molecular complexity index is 630. The molecule has 3 rings (SSSR count). The highest BCUT2D eigenvalue weighted by molar-refractivity contribution is 6.09. The minimum Gasteiger partial charge on any atom is -0.351 e. The maximum atomic E-state index is 13.2. The van der Waals surface area contributed by atoms with Gasteiger partial charge in [0.25, 0.3) is 5.91 Å². The van der Waals surface area contributed by atoms with E-state index in [0.29, 0.717) is 31.6 Å². The lowest BCUT2D eigenvalue weighted by Gasteiger charge is -2.35. The zero-order valence-electron chi connectivity index (χ0n) is 16.1. The summed E-state index contributed by atoms with van der Waals surface area (Å²) < 4.78 is 39.6. The van der Waals surface area contributed by atoms with E-state index in [2.05, 4.69) is 17.6 Å². The van der Waals surface area contributed by atoms with E-state index in [1.165, 1.54) is 0 Å². The number of imide groups is 1. The summed E-state index contributed by atoms with van der Waals surface area (Å²) >= 11 is 0. The number of carbonyl (C=O) groups is 3. The smallest absolute Gasteiger partial charge is 0.351 e. The van der Waals surface area contributed by atoms with Crippen molar-refractivity contribution < 1.29 is 27.6 Å². The van der Waals surface area contributed by atoms with Crippen LogP contribution in [0.3, 0.4) is 0 Å². The Morgan fingerprint density at radius 2 is 1.82 bits per heavy atom. The molecule has 3 aliphatic rings. The van der Waals surface area contributed by atoms with Crippen LogP contribution < -0.4 is 10.6 Å². The highest BCUT2D eigenvalue weighted by Gasteiger charge is 2.53. The fourth-order valence-corrected chi connectivity index (χ4v) is 4.83. The summed E-state index contributed by atoms with van der Waals surface area (Å²) in [7, 11) is 0. The monoisotopic (exact) mass is 403 g/mol. The van der Waals surface area contributed by atoms with Crippen LogP contribution in [0.25, 0.3) is 0 Å². The van der Waals surface area contributed by atoms with Crippen molar-refractivity contribution in [2.24, 2.45) is 11.8 Å². The van der Waals surface area contributed by atoms with Gasteiger partial charge in [-0.05, 0) is 44.4 Å². The minimum absolute atomic E-state index is 0.0146. The van der Waals surface area contributed by atoms with Crippen LogP contribution in [-0.2, 0) is 9.59 Å². The normalized spacial score (nSPS) is 33.9. The first-order valence-corrected chi connectivity index (χ1v) is 10.2. The molecule has 4 amide bonds. The summed E-state index contributed by atoms with van der Waals surface area (Å²) in [6, 6.07) is -1.64. The summed E-state index contributed by atoms with van der Waals surface area (Å²) in [6.45, 7) is 1.55. The molecule has 0 bridgehead atoms. The Kier molecular flexibility index (Phi) is 5.91. The zero-order chi connectivity index (χ0) is 20.5. The molecule has 3 fully saturated rings. The second kappa shape index (κ2) is 7.91. The van der Waals surface area contributed by atoms with Gasteiger partial charge in [-0.15, -0.1) is 0 Å². The van der Waals surface area contributed by atoms with Gasteiger partial charge in [-0.3, -0.25) is 14.5 Å². The van der Waals surface area contributed by atoms with Crippen LogP contribution >= 0.6 is 0 Å². The van der Waals surface area contributed by atoms with Crippen molar-refractivity contribution in [1.29, 1.82) is 0 Å². The molecule has 1 spiro atoms. The highest BCUT2D eigenvalue weighted by Crippen LogP contribution is 2.39. The first-order chi connectivity index (χ1) is 13.2. The van der Waals surface area contributed by atoms with Crippen LogP contribution in [0.4, 0.5) is 18.0 Å². The molecule has 28 heavy (non-hydrogen) atoms. The van der Waals surface area contributed by atoms with Crippen molar-refractivity contribution >= 4 is 17.8 Å². The number of hydrogen-bond donors (Lipinski definition) is 2. The predicted molar refractivity (Wildman–Crippen MR) is 95.2 cm³/mol. The summed E-state index contributed by atoms with van der Waals surface area (Å²) in [5, 5.41) is 5.15. The van der Waals surface area contributed by atoms with E-state index >= 15 is 0 Å². The van der Waals surface area contributed by atoms with Crippen molar-refractivity contribution in [2.75, 3.05) is 6.54 Å². The molecule has 6 nitrogen and oxygen atoms in total. The van der Waals surface area contributed by atoms with Crippen LogP contribution in [0, 0.1) is 11.8 Å². The largest absolute Gasteiger partial charge is 0.393 e. The van der Waals surface area contributed by atoms with Crippen LogP contribution in [0.1, 0.15) is 64.7 Å².